The van der Waals surface area contributed by atoms with Crippen molar-refractivity contribution in [1.29, 1.82) is 0 Å². The Hall–Kier alpha value is -4.46. The van der Waals surface area contributed by atoms with E-state index in [2.05, 4.69) is 15.5 Å². The van der Waals surface area contributed by atoms with Crippen LogP contribution in [0, 0.1) is 19.7 Å². The summed E-state index contributed by atoms with van der Waals surface area (Å²) in [6.45, 7) is 5.79. The Bertz CT molecular complexity index is 1460. The minimum atomic E-state index is -0.681. The largest absolute Gasteiger partial charge is 0.497 e. The van der Waals surface area contributed by atoms with E-state index in [0.29, 0.717) is 34.1 Å². The maximum atomic E-state index is 14.2. The van der Waals surface area contributed by atoms with Crippen molar-refractivity contribution in [2.24, 2.45) is 0 Å². The molecule has 0 bridgehead atoms. The molecule has 0 saturated heterocycles. The minimum Gasteiger partial charge on any atom is -0.497 e. The Labute approximate surface area is 208 Å². The molecule has 0 saturated carbocycles. The van der Waals surface area contributed by atoms with Crippen LogP contribution in [-0.4, -0.2) is 23.3 Å². The number of nitrogens with one attached hydrogen (secondary N) is 1. The number of hydrogen-bond donors (Lipinski definition) is 1. The summed E-state index contributed by atoms with van der Waals surface area (Å²) in [5.41, 5.74) is 5.29. The average molecular weight is 485 g/mol. The second kappa shape index (κ2) is 9.30. The molecule has 1 atom stereocenters. The second-order valence-corrected chi connectivity index (χ2v) is 8.77. The lowest BCUT2D eigenvalue weighted by Gasteiger charge is -2.35. The number of rotatable bonds is 5. The molecule has 7 nitrogen and oxygen atoms in total. The first-order valence-corrected chi connectivity index (χ1v) is 11.5. The van der Waals surface area contributed by atoms with Crippen LogP contribution in [0.1, 0.15) is 35.5 Å². The molecule has 0 aliphatic carbocycles. The fraction of sp³-hybridized carbons (Fsp3) is 0.179. The fourth-order valence-corrected chi connectivity index (χ4v) is 4.54. The number of urea groups is 1. The predicted octanol–water partition coefficient (Wildman–Crippen LogP) is 6.20. The molecule has 2 amide bonds. The summed E-state index contributed by atoms with van der Waals surface area (Å²) in [6.07, 6.45) is 0. The zero-order chi connectivity index (χ0) is 25.4. The molecule has 1 aliphatic heterocycles. The molecule has 182 valence electrons. The SMILES string of the molecule is COc1ccc(-c2noc(C3=C(C)N(c4cc(C)cc(C)c4)C(=O)NC3c3cccc(F)c3)n2)cc1. The van der Waals surface area contributed by atoms with Crippen LogP contribution < -0.4 is 15.0 Å². The minimum absolute atomic E-state index is 0.238. The van der Waals surface area contributed by atoms with Crippen molar-refractivity contribution in [3.8, 4) is 17.1 Å². The number of halogens is 1. The first kappa shape index (κ1) is 23.3. The number of carbonyl (C=O) groups is 1. The molecule has 1 aliphatic rings. The van der Waals surface area contributed by atoms with Gasteiger partial charge in [-0.25, -0.2) is 9.18 Å². The Morgan fingerprint density at radius 2 is 1.72 bits per heavy atom. The number of anilines is 1. The molecular formula is C28H25FN4O3. The van der Waals surface area contributed by atoms with E-state index in [1.807, 2.05) is 63.2 Å². The third-order valence-corrected chi connectivity index (χ3v) is 6.14. The van der Waals surface area contributed by atoms with Crippen LogP contribution in [0.4, 0.5) is 14.9 Å². The van der Waals surface area contributed by atoms with Crippen molar-refractivity contribution in [3.05, 3.63) is 101 Å². The maximum Gasteiger partial charge on any atom is 0.326 e. The van der Waals surface area contributed by atoms with Gasteiger partial charge in [0.1, 0.15) is 11.6 Å². The van der Waals surface area contributed by atoms with Crippen molar-refractivity contribution in [1.82, 2.24) is 15.5 Å². The molecular weight excluding hydrogens is 459 g/mol. The van der Waals surface area contributed by atoms with Gasteiger partial charge in [-0.05, 0) is 86.0 Å². The Morgan fingerprint density at radius 3 is 2.39 bits per heavy atom. The summed E-state index contributed by atoms with van der Waals surface area (Å²) >= 11 is 0. The van der Waals surface area contributed by atoms with Crippen molar-refractivity contribution < 1.29 is 18.4 Å². The highest BCUT2D eigenvalue weighted by Crippen LogP contribution is 2.39. The smallest absolute Gasteiger partial charge is 0.326 e. The van der Waals surface area contributed by atoms with Gasteiger partial charge in [0, 0.05) is 11.3 Å². The quantitative estimate of drug-likeness (QED) is 0.365. The fourth-order valence-electron chi connectivity index (χ4n) is 4.54. The number of allylic oxidation sites excluding steroid dienone is 1. The van der Waals surface area contributed by atoms with Gasteiger partial charge >= 0.3 is 6.03 Å². The molecule has 5 rings (SSSR count). The second-order valence-electron chi connectivity index (χ2n) is 8.77. The Morgan fingerprint density at radius 1 is 1.00 bits per heavy atom. The van der Waals surface area contributed by atoms with E-state index < -0.39 is 11.9 Å². The molecule has 0 fully saturated rings. The van der Waals surface area contributed by atoms with E-state index in [9.17, 15) is 9.18 Å². The van der Waals surface area contributed by atoms with Crippen molar-refractivity contribution >= 4 is 17.3 Å². The highest BCUT2D eigenvalue weighted by atomic mass is 19.1. The molecule has 2 heterocycles. The Balaban J connectivity index is 1.65. The van der Waals surface area contributed by atoms with E-state index in [1.54, 1.807) is 24.1 Å². The highest BCUT2D eigenvalue weighted by Gasteiger charge is 2.36. The van der Waals surface area contributed by atoms with Gasteiger partial charge in [0.25, 0.3) is 5.89 Å². The van der Waals surface area contributed by atoms with Crippen LogP contribution in [-0.2, 0) is 0 Å². The first-order chi connectivity index (χ1) is 17.3. The third kappa shape index (κ3) is 4.33. The van der Waals surface area contributed by atoms with Crippen LogP contribution in [0.5, 0.6) is 5.75 Å². The summed E-state index contributed by atoms with van der Waals surface area (Å²) in [6, 6.07) is 18.3. The normalized spacial score (nSPS) is 15.8. The molecule has 1 unspecified atom stereocenters. The highest BCUT2D eigenvalue weighted by molar-refractivity contribution is 6.01. The molecule has 0 spiro atoms. The lowest BCUT2D eigenvalue weighted by molar-refractivity contribution is 0.244. The van der Waals surface area contributed by atoms with Gasteiger partial charge in [-0.3, -0.25) is 4.90 Å². The molecule has 8 heteroatoms. The number of aromatic nitrogens is 2. The third-order valence-electron chi connectivity index (χ3n) is 6.14. The van der Waals surface area contributed by atoms with Crippen LogP contribution in [0.15, 0.2) is 77.0 Å². The number of methoxy groups -OCH3 is 1. The predicted molar refractivity (Wildman–Crippen MR) is 135 cm³/mol. The van der Waals surface area contributed by atoms with Crippen LogP contribution in [0.2, 0.25) is 0 Å². The molecule has 4 aromatic rings. The molecule has 1 aromatic heterocycles. The number of nitrogens with zero attached hydrogens (tertiary/aromatic N) is 3. The zero-order valence-corrected chi connectivity index (χ0v) is 20.4. The molecule has 3 aromatic carbocycles. The van der Waals surface area contributed by atoms with E-state index in [4.69, 9.17) is 9.26 Å². The van der Waals surface area contributed by atoms with Crippen LogP contribution in [0.3, 0.4) is 0 Å². The summed E-state index contributed by atoms with van der Waals surface area (Å²) in [5, 5.41) is 7.18. The van der Waals surface area contributed by atoms with Crippen molar-refractivity contribution in [2.75, 3.05) is 12.0 Å². The number of benzene rings is 3. The number of aryl methyl sites for hydroxylation is 2. The molecule has 0 radical (unpaired) electrons. The van der Waals surface area contributed by atoms with Gasteiger partial charge in [-0.1, -0.05) is 23.4 Å². The summed E-state index contributed by atoms with van der Waals surface area (Å²) in [7, 11) is 1.60. The topological polar surface area (TPSA) is 80.5 Å². The van der Waals surface area contributed by atoms with Crippen LogP contribution in [0.25, 0.3) is 17.0 Å². The lowest BCUT2D eigenvalue weighted by Crippen LogP contribution is -2.46. The monoisotopic (exact) mass is 484 g/mol. The van der Waals surface area contributed by atoms with E-state index >= 15 is 0 Å². The molecule has 36 heavy (non-hydrogen) atoms. The van der Waals surface area contributed by atoms with Crippen LogP contribution >= 0.6 is 0 Å². The summed E-state index contributed by atoms with van der Waals surface area (Å²) < 4.78 is 25.1. The van der Waals surface area contributed by atoms with Gasteiger partial charge in [0.05, 0.1) is 24.4 Å². The van der Waals surface area contributed by atoms with Gasteiger partial charge in [-0.2, -0.15) is 4.98 Å². The van der Waals surface area contributed by atoms with Gasteiger partial charge in [-0.15, -0.1) is 0 Å². The first-order valence-electron chi connectivity index (χ1n) is 11.5. The van der Waals surface area contributed by atoms with E-state index in [0.717, 1.165) is 16.7 Å². The standard InChI is InChI=1S/C28H25FN4O3/c1-16-12-17(2)14-22(13-16)33-18(3)24(25(30-28(33)34)20-6-5-7-21(29)15-20)27-31-26(32-36-27)19-8-10-23(35-4)11-9-19/h5-15,25H,1-4H3,(H,30,34). The number of amides is 2. The molecule has 1 N–H and O–H groups in total. The average Bonchev–Trinajstić information content (AvgIpc) is 3.33. The van der Waals surface area contributed by atoms with Gasteiger partial charge < -0.3 is 14.6 Å². The number of carbonyl (C=O) groups excluding carboxylic acids is 1. The van der Waals surface area contributed by atoms with Crippen molar-refractivity contribution in [2.45, 2.75) is 26.8 Å². The zero-order valence-electron chi connectivity index (χ0n) is 20.4. The van der Waals surface area contributed by atoms with E-state index in [-0.39, 0.29) is 11.9 Å². The van der Waals surface area contributed by atoms with Crippen molar-refractivity contribution in [3.63, 3.8) is 0 Å². The number of ether oxygens (including phenoxy) is 1. The lowest BCUT2D eigenvalue weighted by atomic mass is 9.94. The maximum absolute atomic E-state index is 14.2. The Kier molecular flexibility index (Phi) is 6.01. The summed E-state index contributed by atoms with van der Waals surface area (Å²) in [4.78, 5) is 19.6. The number of hydrogen-bond acceptors (Lipinski definition) is 5. The van der Waals surface area contributed by atoms with Gasteiger partial charge in [0.15, 0.2) is 0 Å². The van der Waals surface area contributed by atoms with Gasteiger partial charge in [0.2, 0.25) is 5.82 Å². The van der Waals surface area contributed by atoms with E-state index in [1.165, 1.54) is 12.1 Å². The summed E-state index contributed by atoms with van der Waals surface area (Å²) in [5.74, 6) is 0.939.